The molecule has 2 aromatic carbocycles. The monoisotopic (exact) mass is 464 g/mol. The van der Waals surface area contributed by atoms with Gasteiger partial charge in [-0.2, -0.15) is 0 Å². The number of nitrogens with zero attached hydrogens (tertiary/aromatic N) is 2. The Morgan fingerprint density at radius 2 is 1.59 bits per heavy atom. The van der Waals surface area contributed by atoms with Crippen LogP contribution in [0.15, 0.2) is 42.5 Å². The molecule has 2 aliphatic heterocycles. The van der Waals surface area contributed by atoms with Crippen molar-refractivity contribution in [1.29, 1.82) is 0 Å². The summed E-state index contributed by atoms with van der Waals surface area (Å²) in [6.07, 6.45) is 2.72. The fourth-order valence-electron chi connectivity index (χ4n) is 5.68. The smallest absolute Gasteiger partial charge is 0.307 e. The van der Waals surface area contributed by atoms with Crippen molar-refractivity contribution in [1.82, 2.24) is 9.80 Å². The molecule has 0 bridgehead atoms. The van der Waals surface area contributed by atoms with E-state index < -0.39 is 41.5 Å². The lowest BCUT2D eigenvalue weighted by atomic mass is 9.77. The second kappa shape index (κ2) is 8.66. The lowest BCUT2D eigenvalue weighted by molar-refractivity contribution is -0.153. The molecule has 1 aliphatic carbocycles. The molecule has 2 heterocycles. The fourth-order valence-corrected chi connectivity index (χ4v) is 5.68. The summed E-state index contributed by atoms with van der Waals surface area (Å²) in [5.41, 5.74) is 1.63. The SMILES string of the molecule is O=C(O)C1CCCCC1C(=O)N1CCc2c(F)cccc2C1CN1C(=O)c2ccccc2C1=O. The summed E-state index contributed by atoms with van der Waals surface area (Å²) in [4.78, 5) is 54.3. The number of hydrogen-bond acceptors (Lipinski definition) is 4. The van der Waals surface area contributed by atoms with Gasteiger partial charge < -0.3 is 10.0 Å². The zero-order chi connectivity index (χ0) is 24.0. The van der Waals surface area contributed by atoms with Gasteiger partial charge in [0.05, 0.1) is 35.5 Å². The largest absolute Gasteiger partial charge is 0.481 e. The average Bonchev–Trinajstić information content (AvgIpc) is 3.09. The molecule has 3 amide bonds. The Kier molecular flexibility index (Phi) is 5.67. The van der Waals surface area contributed by atoms with Crippen molar-refractivity contribution in [3.63, 3.8) is 0 Å². The van der Waals surface area contributed by atoms with E-state index in [-0.39, 0.29) is 25.4 Å². The number of benzene rings is 2. The van der Waals surface area contributed by atoms with E-state index in [1.54, 1.807) is 41.3 Å². The standard InChI is InChI=1S/C26H25FN2O5/c27-21-11-5-10-16-15(21)12-13-28(23(30)19-8-3-4-9-20(19)26(33)34)22(16)14-29-24(31)17-6-1-2-7-18(17)25(29)32/h1-2,5-7,10-11,19-20,22H,3-4,8-9,12-14H2,(H,33,34). The molecule has 2 aromatic rings. The Labute approximate surface area is 196 Å². The molecular weight excluding hydrogens is 439 g/mol. The molecule has 176 valence electrons. The van der Waals surface area contributed by atoms with Gasteiger partial charge in [-0.3, -0.25) is 24.1 Å². The number of carbonyl (C=O) groups is 4. The van der Waals surface area contributed by atoms with Crippen LogP contribution in [0.5, 0.6) is 0 Å². The molecule has 0 spiro atoms. The van der Waals surface area contributed by atoms with Crippen LogP contribution in [0.1, 0.15) is 63.6 Å². The lowest BCUT2D eigenvalue weighted by Gasteiger charge is -2.42. The second-order valence-corrected chi connectivity index (χ2v) is 9.21. The van der Waals surface area contributed by atoms with Crippen LogP contribution in [-0.4, -0.2) is 51.7 Å². The van der Waals surface area contributed by atoms with Gasteiger partial charge in [0.25, 0.3) is 11.8 Å². The van der Waals surface area contributed by atoms with Crippen LogP contribution >= 0.6 is 0 Å². The van der Waals surface area contributed by atoms with Crippen molar-refractivity contribution >= 4 is 23.7 Å². The molecule has 1 N–H and O–H groups in total. The Bertz CT molecular complexity index is 1160. The van der Waals surface area contributed by atoms with Crippen molar-refractivity contribution in [2.75, 3.05) is 13.1 Å². The Hall–Kier alpha value is -3.55. The Balaban J connectivity index is 1.51. The number of amides is 3. The predicted octanol–water partition coefficient (Wildman–Crippen LogP) is 3.44. The first-order chi connectivity index (χ1) is 16.4. The van der Waals surface area contributed by atoms with Gasteiger partial charge >= 0.3 is 5.97 Å². The maximum Gasteiger partial charge on any atom is 0.307 e. The third kappa shape index (κ3) is 3.57. The van der Waals surface area contributed by atoms with E-state index >= 15 is 0 Å². The van der Waals surface area contributed by atoms with Crippen LogP contribution in [0.3, 0.4) is 0 Å². The first kappa shape index (κ1) is 22.3. The average molecular weight is 464 g/mol. The van der Waals surface area contributed by atoms with E-state index in [0.717, 1.165) is 17.7 Å². The van der Waals surface area contributed by atoms with Gasteiger partial charge in [-0.15, -0.1) is 0 Å². The van der Waals surface area contributed by atoms with Crippen molar-refractivity contribution in [2.45, 2.75) is 38.1 Å². The minimum Gasteiger partial charge on any atom is -0.481 e. The zero-order valence-corrected chi connectivity index (χ0v) is 18.6. The van der Waals surface area contributed by atoms with E-state index in [9.17, 15) is 28.7 Å². The highest BCUT2D eigenvalue weighted by atomic mass is 19.1. The number of fused-ring (bicyclic) bond motifs is 2. The first-order valence-electron chi connectivity index (χ1n) is 11.6. The minimum atomic E-state index is -0.988. The summed E-state index contributed by atoms with van der Waals surface area (Å²) in [5.74, 6) is -4.02. The van der Waals surface area contributed by atoms with Crippen molar-refractivity contribution in [3.05, 3.63) is 70.5 Å². The van der Waals surface area contributed by atoms with Crippen LogP contribution in [0.2, 0.25) is 0 Å². The number of carbonyl (C=O) groups excluding carboxylic acids is 3. The molecule has 0 radical (unpaired) electrons. The van der Waals surface area contributed by atoms with Crippen LogP contribution in [-0.2, 0) is 16.0 Å². The van der Waals surface area contributed by atoms with E-state index in [0.29, 0.717) is 35.1 Å². The van der Waals surface area contributed by atoms with E-state index in [1.165, 1.54) is 6.07 Å². The molecule has 3 unspecified atom stereocenters. The normalized spacial score (nSPS) is 24.1. The van der Waals surface area contributed by atoms with Crippen LogP contribution in [0.25, 0.3) is 0 Å². The van der Waals surface area contributed by atoms with E-state index in [4.69, 9.17) is 0 Å². The number of rotatable bonds is 4. The highest BCUT2D eigenvalue weighted by Gasteiger charge is 2.44. The van der Waals surface area contributed by atoms with Gasteiger partial charge in [0.2, 0.25) is 5.91 Å². The van der Waals surface area contributed by atoms with Gasteiger partial charge in [-0.05, 0) is 48.6 Å². The summed E-state index contributed by atoms with van der Waals surface area (Å²) in [7, 11) is 0. The number of carboxylic acids is 1. The van der Waals surface area contributed by atoms with Gasteiger partial charge in [-0.1, -0.05) is 37.1 Å². The Morgan fingerprint density at radius 3 is 2.24 bits per heavy atom. The quantitative estimate of drug-likeness (QED) is 0.700. The lowest BCUT2D eigenvalue weighted by Crippen LogP contribution is -2.50. The summed E-state index contributed by atoms with van der Waals surface area (Å²) >= 11 is 0. The molecular formula is C26H25FN2O5. The molecule has 3 aliphatic rings. The summed E-state index contributed by atoms with van der Waals surface area (Å²) < 4.78 is 14.6. The van der Waals surface area contributed by atoms with Crippen LogP contribution in [0, 0.1) is 17.7 Å². The number of carboxylic acid groups (broad SMARTS) is 1. The number of halogens is 1. The molecule has 8 heteroatoms. The molecule has 7 nitrogen and oxygen atoms in total. The molecule has 5 rings (SSSR count). The number of hydrogen-bond donors (Lipinski definition) is 1. The van der Waals surface area contributed by atoms with E-state index in [1.807, 2.05) is 0 Å². The maximum absolute atomic E-state index is 14.6. The van der Waals surface area contributed by atoms with Crippen molar-refractivity contribution in [3.8, 4) is 0 Å². The Morgan fingerprint density at radius 1 is 0.941 bits per heavy atom. The number of aliphatic carboxylic acids is 1. The molecule has 34 heavy (non-hydrogen) atoms. The van der Waals surface area contributed by atoms with Gasteiger partial charge in [0.1, 0.15) is 5.82 Å². The highest BCUT2D eigenvalue weighted by Crippen LogP contribution is 2.38. The van der Waals surface area contributed by atoms with Crippen molar-refractivity contribution < 1.29 is 28.7 Å². The van der Waals surface area contributed by atoms with Crippen LogP contribution in [0.4, 0.5) is 4.39 Å². The highest BCUT2D eigenvalue weighted by molar-refractivity contribution is 6.21. The minimum absolute atomic E-state index is 0.112. The maximum atomic E-state index is 14.6. The first-order valence-corrected chi connectivity index (χ1v) is 11.6. The van der Waals surface area contributed by atoms with Gasteiger partial charge in [-0.25, -0.2) is 4.39 Å². The van der Waals surface area contributed by atoms with Gasteiger partial charge in [0, 0.05) is 6.54 Å². The molecule has 0 aromatic heterocycles. The third-order valence-electron chi connectivity index (χ3n) is 7.41. The molecule has 1 fully saturated rings. The number of imide groups is 1. The predicted molar refractivity (Wildman–Crippen MR) is 119 cm³/mol. The molecule has 3 atom stereocenters. The molecule has 0 saturated heterocycles. The topological polar surface area (TPSA) is 95.0 Å². The zero-order valence-electron chi connectivity index (χ0n) is 18.6. The van der Waals surface area contributed by atoms with E-state index in [2.05, 4.69) is 0 Å². The summed E-state index contributed by atoms with van der Waals surface area (Å²) in [5, 5.41) is 9.70. The van der Waals surface area contributed by atoms with Gasteiger partial charge in [0.15, 0.2) is 0 Å². The van der Waals surface area contributed by atoms with Crippen molar-refractivity contribution in [2.24, 2.45) is 11.8 Å². The fraction of sp³-hybridized carbons (Fsp3) is 0.385. The second-order valence-electron chi connectivity index (χ2n) is 9.21. The third-order valence-corrected chi connectivity index (χ3v) is 7.41. The summed E-state index contributed by atoms with van der Waals surface area (Å²) in [6, 6.07) is 10.4. The summed E-state index contributed by atoms with van der Waals surface area (Å²) in [6.45, 7) is 0.0858. The van der Waals surface area contributed by atoms with Crippen LogP contribution < -0.4 is 0 Å². The molecule has 1 saturated carbocycles.